The highest BCUT2D eigenvalue weighted by Gasteiger charge is 2.30. The van der Waals surface area contributed by atoms with Crippen molar-refractivity contribution in [1.29, 1.82) is 0 Å². The summed E-state index contributed by atoms with van der Waals surface area (Å²) < 4.78 is 6.09. The van der Waals surface area contributed by atoms with Crippen molar-refractivity contribution in [1.82, 2.24) is 19.9 Å². The number of aromatic nitrogens is 4. The fourth-order valence-electron chi connectivity index (χ4n) is 6.66. The quantitative estimate of drug-likeness (QED) is 0.245. The molecule has 9 nitrogen and oxygen atoms in total. The minimum Gasteiger partial charge on any atom is -0.491 e. The molecule has 1 saturated carbocycles. The number of amides is 1. The second kappa shape index (κ2) is 10.7. The van der Waals surface area contributed by atoms with Crippen LogP contribution in [0.2, 0.25) is 0 Å². The van der Waals surface area contributed by atoms with E-state index in [1.807, 2.05) is 55.3 Å². The van der Waals surface area contributed by atoms with Crippen molar-refractivity contribution >= 4 is 28.4 Å². The second-order valence-electron chi connectivity index (χ2n) is 12.8. The summed E-state index contributed by atoms with van der Waals surface area (Å²) in [5, 5.41) is 11.2. The van der Waals surface area contributed by atoms with Crippen molar-refractivity contribution in [3.63, 3.8) is 0 Å². The number of nitrogens with one attached hydrogen (secondary N) is 1. The van der Waals surface area contributed by atoms with Crippen LogP contribution in [0.15, 0.2) is 67.1 Å². The van der Waals surface area contributed by atoms with Gasteiger partial charge in [-0.2, -0.15) is 0 Å². The molecule has 0 atom stereocenters. The number of fused-ring (bicyclic) bond motifs is 2. The molecule has 2 aliphatic heterocycles. The number of benzene rings is 2. The zero-order valence-electron chi connectivity index (χ0n) is 25.6. The Balaban J connectivity index is 1.10. The highest BCUT2D eigenvalue weighted by Crippen LogP contribution is 2.43. The maximum atomic E-state index is 13.9. The van der Waals surface area contributed by atoms with E-state index in [4.69, 9.17) is 14.7 Å². The van der Waals surface area contributed by atoms with E-state index in [-0.39, 0.29) is 5.91 Å². The standard InChI is InChI=1S/C36H36N6O3/c1-22-26(4-3-5-30(22)42-16-17-45-31-18-24(23-6-7-23)8-10-27(31)35(42)43)33-28-19-29(40-34(28)39-21-38-33)25-9-11-32(37-20-25)41-14-12-36(2,44)13-15-41/h3-5,8-11,18-21,23,44H,6-7,12-17H2,1-2H3,(H,38,39,40). The van der Waals surface area contributed by atoms with Crippen molar-refractivity contribution in [2.75, 3.05) is 36.0 Å². The second-order valence-corrected chi connectivity index (χ2v) is 12.8. The molecule has 8 rings (SSSR count). The lowest BCUT2D eigenvalue weighted by atomic mass is 9.94. The molecular formula is C36H36N6O3. The predicted molar refractivity (Wildman–Crippen MR) is 175 cm³/mol. The summed E-state index contributed by atoms with van der Waals surface area (Å²) in [7, 11) is 0. The van der Waals surface area contributed by atoms with Crippen LogP contribution in [0.5, 0.6) is 5.75 Å². The molecule has 1 aliphatic carbocycles. The molecule has 2 fully saturated rings. The van der Waals surface area contributed by atoms with Gasteiger partial charge >= 0.3 is 0 Å². The van der Waals surface area contributed by atoms with Gasteiger partial charge in [-0.05, 0) is 93.0 Å². The molecule has 2 N–H and O–H groups in total. The Bertz CT molecular complexity index is 1920. The van der Waals surface area contributed by atoms with Crippen molar-refractivity contribution in [3.05, 3.63) is 83.8 Å². The van der Waals surface area contributed by atoms with Gasteiger partial charge in [-0.15, -0.1) is 0 Å². The van der Waals surface area contributed by atoms with Crippen molar-refractivity contribution in [2.24, 2.45) is 0 Å². The maximum absolute atomic E-state index is 13.9. The smallest absolute Gasteiger partial charge is 0.262 e. The Morgan fingerprint density at radius 1 is 0.978 bits per heavy atom. The molecule has 1 amide bonds. The summed E-state index contributed by atoms with van der Waals surface area (Å²) in [6.45, 7) is 6.41. The molecule has 0 bridgehead atoms. The number of pyridine rings is 1. The average molecular weight is 601 g/mol. The molecule has 9 heteroatoms. The van der Waals surface area contributed by atoms with Crippen LogP contribution in [0.25, 0.3) is 33.5 Å². The number of aliphatic hydroxyl groups is 1. The first-order chi connectivity index (χ1) is 21.8. The van der Waals surface area contributed by atoms with E-state index in [1.54, 1.807) is 6.33 Å². The van der Waals surface area contributed by atoms with E-state index in [0.29, 0.717) is 30.4 Å². The Kier molecular flexibility index (Phi) is 6.60. The summed E-state index contributed by atoms with van der Waals surface area (Å²) in [5.74, 6) is 2.15. The van der Waals surface area contributed by atoms with Crippen LogP contribution in [0, 0.1) is 6.92 Å². The molecule has 2 aromatic carbocycles. The lowest BCUT2D eigenvalue weighted by molar-refractivity contribution is 0.0350. The number of rotatable bonds is 5. The third-order valence-electron chi connectivity index (χ3n) is 9.60. The summed E-state index contributed by atoms with van der Waals surface area (Å²) >= 11 is 0. The molecule has 3 aliphatic rings. The van der Waals surface area contributed by atoms with Gasteiger partial charge in [-0.25, -0.2) is 15.0 Å². The number of carbonyl (C=O) groups is 1. The number of anilines is 2. The largest absolute Gasteiger partial charge is 0.491 e. The Labute approximate surface area is 261 Å². The first-order valence-corrected chi connectivity index (χ1v) is 15.8. The van der Waals surface area contributed by atoms with Gasteiger partial charge in [0.25, 0.3) is 5.91 Å². The van der Waals surface area contributed by atoms with E-state index in [9.17, 15) is 9.90 Å². The van der Waals surface area contributed by atoms with Crippen molar-refractivity contribution in [3.8, 4) is 28.3 Å². The lowest BCUT2D eigenvalue weighted by Crippen LogP contribution is -2.42. The van der Waals surface area contributed by atoms with Crippen LogP contribution in [-0.4, -0.2) is 62.8 Å². The van der Waals surface area contributed by atoms with Crippen LogP contribution in [0.3, 0.4) is 0 Å². The lowest BCUT2D eigenvalue weighted by Gasteiger charge is -2.36. The van der Waals surface area contributed by atoms with Gasteiger partial charge in [0.05, 0.1) is 23.4 Å². The monoisotopic (exact) mass is 600 g/mol. The number of aromatic amines is 1. The van der Waals surface area contributed by atoms with Gasteiger partial charge in [0, 0.05) is 47.2 Å². The molecule has 1 saturated heterocycles. The van der Waals surface area contributed by atoms with Gasteiger partial charge in [0.1, 0.15) is 30.1 Å². The zero-order valence-corrected chi connectivity index (χ0v) is 25.6. The summed E-state index contributed by atoms with van der Waals surface area (Å²) in [6, 6.07) is 18.3. The Morgan fingerprint density at radius 2 is 1.82 bits per heavy atom. The molecular weight excluding hydrogens is 564 g/mol. The fourth-order valence-corrected chi connectivity index (χ4v) is 6.66. The first-order valence-electron chi connectivity index (χ1n) is 15.8. The number of H-pyrrole nitrogens is 1. The number of hydrogen-bond donors (Lipinski definition) is 2. The van der Waals surface area contributed by atoms with Crippen LogP contribution >= 0.6 is 0 Å². The fraction of sp³-hybridized carbons (Fsp3) is 0.333. The van der Waals surface area contributed by atoms with Gasteiger partial charge in [-0.3, -0.25) is 4.79 Å². The highest BCUT2D eigenvalue weighted by atomic mass is 16.5. The number of piperidine rings is 1. The van der Waals surface area contributed by atoms with Gasteiger partial charge in [0.15, 0.2) is 0 Å². The third kappa shape index (κ3) is 5.11. The van der Waals surface area contributed by atoms with Gasteiger partial charge in [-0.1, -0.05) is 18.2 Å². The number of ether oxygens (including phenoxy) is 1. The van der Waals surface area contributed by atoms with Crippen LogP contribution in [-0.2, 0) is 0 Å². The van der Waals surface area contributed by atoms with E-state index >= 15 is 0 Å². The topological polar surface area (TPSA) is 107 Å². The molecule has 5 heterocycles. The van der Waals surface area contributed by atoms with Crippen molar-refractivity contribution < 1.29 is 14.6 Å². The molecule has 0 radical (unpaired) electrons. The van der Waals surface area contributed by atoms with E-state index in [2.05, 4.69) is 39.1 Å². The van der Waals surface area contributed by atoms with Crippen molar-refractivity contribution in [2.45, 2.75) is 51.0 Å². The third-order valence-corrected chi connectivity index (χ3v) is 9.60. The van der Waals surface area contributed by atoms with Crippen LogP contribution < -0.4 is 14.5 Å². The molecule has 3 aromatic heterocycles. The number of nitrogens with zero attached hydrogens (tertiary/aromatic N) is 5. The summed E-state index contributed by atoms with van der Waals surface area (Å²) in [5.41, 5.74) is 7.44. The first kappa shape index (κ1) is 27.8. The van der Waals surface area contributed by atoms with E-state index < -0.39 is 5.60 Å². The minimum atomic E-state index is -0.598. The summed E-state index contributed by atoms with van der Waals surface area (Å²) in [4.78, 5) is 35.4. The van der Waals surface area contributed by atoms with Gasteiger partial charge in [0.2, 0.25) is 0 Å². The normalized spacial score (nSPS) is 18.1. The highest BCUT2D eigenvalue weighted by molar-refractivity contribution is 6.09. The Morgan fingerprint density at radius 3 is 2.60 bits per heavy atom. The predicted octanol–water partition coefficient (Wildman–Crippen LogP) is 6.26. The average Bonchev–Trinajstić information content (AvgIpc) is 3.83. The minimum absolute atomic E-state index is 0.0484. The molecule has 45 heavy (non-hydrogen) atoms. The summed E-state index contributed by atoms with van der Waals surface area (Å²) in [6.07, 6.45) is 7.33. The molecule has 0 spiro atoms. The van der Waals surface area contributed by atoms with Crippen LogP contribution in [0.1, 0.15) is 60.0 Å². The Hall–Kier alpha value is -4.76. The maximum Gasteiger partial charge on any atom is 0.262 e. The molecule has 0 unspecified atom stereocenters. The van der Waals surface area contributed by atoms with Crippen LogP contribution in [0.4, 0.5) is 11.5 Å². The number of carbonyl (C=O) groups excluding carboxylic acids is 1. The molecule has 5 aromatic rings. The number of hydrogen-bond acceptors (Lipinski definition) is 7. The van der Waals surface area contributed by atoms with E-state index in [1.165, 1.54) is 18.4 Å². The zero-order chi connectivity index (χ0) is 30.7. The SMILES string of the molecule is Cc1c(-c2ncnc3[nH]c(-c4ccc(N5CCC(C)(O)CC5)nc4)cc23)cccc1N1CCOc2cc(C3CC3)ccc2C1=O. The van der Waals surface area contributed by atoms with E-state index in [0.717, 1.165) is 76.5 Å². The van der Waals surface area contributed by atoms with Gasteiger partial charge < -0.3 is 24.6 Å². The molecule has 228 valence electrons.